The number of nitrogen functional groups attached to an aromatic ring is 1. The Hall–Kier alpha value is -0.440. The van der Waals surface area contributed by atoms with Crippen LogP contribution >= 0.6 is 24.0 Å². The maximum absolute atomic E-state index is 6.03. The highest BCUT2D eigenvalue weighted by Gasteiger charge is 2.11. The molecule has 0 radical (unpaired) electrons. The molecule has 0 saturated carbocycles. The lowest BCUT2D eigenvalue weighted by Crippen LogP contribution is -2.14. The highest BCUT2D eigenvalue weighted by atomic mass is 35.5. The molecular weight excluding hydrogens is 231 g/mol. The molecule has 1 rings (SSSR count). The second-order valence-corrected chi connectivity index (χ2v) is 4.45. The van der Waals surface area contributed by atoms with E-state index in [2.05, 4.69) is 13.8 Å². The summed E-state index contributed by atoms with van der Waals surface area (Å²) >= 11 is 5.89. The van der Waals surface area contributed by atoms with Crippen molar-refractivity contribution in [3.05, 3.63) is 28.8 Å². The van der Waals surface area contributed by atoms with Crippen molar-refractivity contribution in [1.82, 2.24) is 0 Å². The van der Waals surface area contributed by atoms with Gasteiger partial charge in [-0.2, -0.15) is 0 Å². The Balaban J connectivity index is 0.00000196. The van der Waals surface area contributed by atoms with Crippen molar-refractivity contribution in [2.75, 3.05) is 5.73 Å². The maximum atomic E-state index is 6.03. The minimum absolute atomic E-state index is 0. The lowest BCUT2D eigenvalue weighted by molar-refractivity contribution is 0.511. The quantitative estimate of drug-likeness (QED) is 0.806. The molecule has 0 unspecified atom stereocenters. The first kappa shape index (κ1) is 14.6. The van der Waals surface area contributed by atoms with Gasteiger partial charge in [0.15, 0.2) is 0 Å². The molecule has 0 aromatic heterocycles. The Kier molecular flexibility index (Phi) is 6.03. The number of hydrogen-bond acceptors (Lipinski definition) is 2. The minimum Gasteiger partial charge on any atom is -0.398 e. The molecule has 2 nitrogen and oxygen atoms in total. The van der Waals surface area contributed by atoms with E-state index in [0.29, 0.717) is 10.9 Å². The van der Waals surface area contributed by atoms with E-state index in [9.17, 15) is 0 Å². The molecule has 0 aliphatic rings. The molecule has 1 aromatic carbocycles. The van der Waals surface area contributed by atoms with Gasteiger partial charge in [0.2, 0.25) is 0 Å². The number of rotatable bonds is 3. The molecule has 0 heterocycles. The van der Waals surface area contributed by atoms with Crippen molar-refractivity contribution in [1.29, 1.82) is 0 Å². The fraction of sp³-hybridized carbons (Fsp3) is 0.455. The molecule has 4 N–H and O–H groups in total. The highest BCUT2D eigenvalue weighted by Crippen LogP contribution is 2.26. The molecule has 0 bridgehead atoms. The minimum atomic E-state index is -0.0197. The molecule has 0 aliphatic carbocycles. The molecule has 0 amide bonds. The van der Waals surface area contributed by atoms with Gasteiger partial charge in [-0.15, -0.1) is 12.4 Å². The third-order valence-corrected chi connectivity index (χ3v) is 2.41. The number of halogens is 2. The summed E-state index contributed by atoms with van der Waals surface area (Å²) in [4.78, 5) is 0. The van der Waals surface area contributed by atoms with Crippen LogP contribution in [0.5, 0.6) is 0 Å². The topological polar surface area (TPSA) is 52.0 Å². The molecular formula is C11H18Cl2N2. The average Bonchev–Trinajstić information content (AvgIpc) is 2.08. The van der Waals surface area contributed by atoms with Gasteiger partial charge in [0.25, 0.3) is 0 Å². The largest absolute Gasteiger partial charge is 0.398 e. The first-order valence-electron chi connectivity index (χ1n) is 4.81. The molecule has 4 heteroatoms. The van der Waals surface area contributed by atoms with Gasteiger partial charge in [-0.25, -0.2) is 0 Å². The van der Waals surface area contributed by atoms with E-state index < -0.39 is 0 Å². The summed E-state index contributed by atoms with van der Waals surface area (Å²) in [6.07, 6.45) is 0.921. The van der Waals surface area contributed by atoms with Gasteiger partial charge < -0.3 is 11.5 Å². The third kappa shape index (κ3) is 4.29. The molecule has 0 aliphatic heterocycles. The van der Waals surface area contributed by atoms with E-state index in [1.165, 1.54) is 0 Å². The van der Waals surface area contributed by atoms with Gasteiger partial charge in [0, 0.05) is 16.8 Å². The van der Waals surface area contributed by atoms with Crippen molar-refractivity contribution in [2.45, 2.75) is 26.3 Å². The van der Waals surface area contributed by atoms with Crippen LogP contribution in [-0.4, -0.2) is 0 Å². The monoisotopic (exact) mass is 248 g/mol. The Bertz CT molecular complexity index is 313. The Labute approximate surface area is 102 Å². The van der Waals surface area contributed by atoms with Crippen LogP contribution in [0, 0.1) is 5.92 Å². The molecule has 1 aromatic rings. The van der Waals surface area contributed by atoms with Crippen molar-refractivity contribution < 1.29 is 0 Å². The SMILES string of the molecule is CC(C)C[C@@H](N)c1cc(Cl)ccc1N.Cl. The second-order valence-electron chi connectivity index (χ2n) is 4.01. The molecule has 15 heavy (non-hydrogen) atoms. The van der Waals surface area contributed by atoms with E-state index in [0.717, 1.165) is 17.7 Å². The Morgan fingerprint density at radius 3 is 2.47 bits per heavy atom. The summed E-state index contributed by atoms with van der Waals surface area (Å²) in [7, 11) is 0. The number of nitrogens with two attached hydrogens (primary N) is 2. The van der Waals surface area contributed by atoms with Crippen molar-refractivity contribution in [2.24, 2.45) is 11.7 Å². The van der Waals surface area contributed by atoms with Gasteiger partial charge >= 0.3 is 0 Å². The third-order valence-electron chi connectivity index (χ3n) is 2.17. The molecule has 1 atom stereocenters. The Morgan fingerprint density at radius 2 is 1.93 bits per heavy atom. The highest BCUT2D eigenvalue weighted by molar-refractivity contribution is 6.30. The zero-order valence-corrected chi connectivity index (χ0v) is 10.6. The summed E-state index contributed by atoms with van der Waals surface area (Å²) < 4.78 is 0. The predicted octanol–water partition coefficient (Wildman–Crippen LogP) is 3.39. The van der Waals surface area contributed by atoms with E-state index >= 15 is 0 Å². The number of benzene rings is 1. The zero-order chi connectivity index (χ0) is 10.7. The van der Waals surface area contributed by atoms with Crippen molar-refractivity contribution >= 4 is 29.7 Å². The van der Waals surface area contributed by atoms with Crippen LogP contribution in [0.15, 0.2) is 18.2 Å². The van der Waals surface area contributed by atoms with Crippen molar-refractivity contribution in [3.8, 4) is 0 Å². The molecule has 86 valence electrons. The van der Waals surface area contributed by atoms with Gasteiger partial charge in [0.05, 0.1) is 0 Å². The standard InChI is InChI=1S/C11H17ClN2.ClH/c1-7(2)5-11(14)9-6-8(12)3-4-10(9)13;/h3-4,6-7,11H,5,13-14H2,1-2H3;1H/t11-;/m1./s1. The fourth-order valence-corrected chi connectivity index (χ4v) is 1.68. The second kappa shape index (κ2) is 6.21. The summed E-state index contributed by atoms with van der Waals surface area (Å²) in [6, 6.07) is 5.42. The average molecular weight is 249 g/mol. The molecule has 0 spiro atoms. The lowest BCUT2D eigenvalue weighted by atomic mass is 9.97. The lowest BCUT2D eigenvalue weighted by Gasteiger charge is -2.16. The number of hydrogen-bond donors (Lipinski definition) is 2. The maximum Gasteiger partial charge on any atom is 0.0410 e. The molecule has 0 saturated heterocycles. The van der Waals surface area contributed by atoms with Gasteiger partial charge in [-0.3, -0.25) is 0 Å². The van der Waals surface area contributed by atoms with Crippen LogP contribution in [0.1, 0.15) is 31.9 Å². The van der Waals surface area contributed by atoms with E-state index in [4.69, 9.17) is 23.1 Å². The van der Waals surface area contributed by atoms with Crippen LogP contribution in [0.25, 0.3) is 0 Å². The van der Waals surface area contributed by atoms with Crippen LogP contribution < -0.4 is 11.5 Å². The smallest absolute Gasteiger partial charge is 0.0410 e. The van der Waals surface area contributed by atoms with Gasteiger partial charge in [0.1, 0.15) is 0 Å². The van der Waals surface area contributed by atoms with E-state index in [1.807, 2.05) is 6.07 Å². The van der Waals surface area contributed by atoms with Crippen LogP contribution in [-0.2, 0) is 0 Å². The summed E-state index contributed by atoms with van der Waals surface area (Å²) in [5.74, 6) is 0.559. The van der Waals surface area contributed by atoms with Crippen LogP contribution in [0.3, 0.4) is 0 Å². The Morgan fingerprint density at radius 1 is 1.33 bits per heavy atom. The zero-order valence-electron chi connectivity index (χ0n) is 9.03. The fourth-order valence-electron chi connectivity index (χ4n) is 1.50. The summed E-state index contributed by atoms with van der Waals surface area (Å²) in [6.45, 7) is 4.28. The van der Waals surface area contributed by atoms with Crippen LogP contribution in [0.2, 0.25) is 5.02 Å². The number of anilines is 1. The summed E-state index contributed by atoms with van der Waals surface area (Å²) in [5, 5.41) is 0.688. The first-order valence-corrected chi connectivity index (χ1v) is 5.19. The summed E-state index contributed by atoms with van der Waals surface area (Å²) in [5.41, 5.74) is 13.5. The predicted molar refractivity (Wildman–Crippen MR) is 69.5 cm³/mol. The van der Waals surface area contributed by atoms with Gasteiger partial charge in [-0.1, -0.05) is 25.4 Å². The molecule has 0 fully saturated rings. The van der Waals surface area contributed by atoms with Gasteiger partial charge in [-0.05, 0) is 36.1 Å². The normalized spacial score (nSPS) is 12.3. The van der Waals surface area contributed by atoms with E-state index in [-0.39, 0.29) is 18.4 Å². The van der Waals surface area contributed by atoms with Crippen molar-refractivity contribution in [3.63, 3.8) is 0 Å². The first-order chi connectivity index (χ1) is 6.50. The van der Waals surface area contributed by atoms with E-state index in [1.54, 1.807) is 12.1 Å². The van der Waals surface area contributed by atoms with Crippen LogP contribution in [0.4, 0.5) is 5.69 Å².